The molecule has 0 heterocycles. The van der Waals surface area contributed by atoms with Gasteiger partial charge >= 0.3 is 0 Å². The maximum absolute atomic E-state index is 5.66. The van der Waals surface area contributed by atoms with E-state index in [0.717, 1.165) is 56.5 Å². The molecule has 0 aliphatic carbocycles. The maximum atomic E-state index is 5.66. The number of aliphatic imine (C=N–C) groups is 1. The molecule has 7 heteroatoms. The highest BCUT2D eigenvalue weighted by Crippen LogP contribution is 2.18. The quantitative estimate of drug-likeness (QED) is 0.210. The van der Waals surface area contributed by atoms with Gasteiger partial charge in [0, 0.05) is 32.3 Å². The summed E-state index contributed by atoms with van der Waals surface area (Å²) in [5.41, 5.74) is 1.10. The van der Waals surface area contributed by atoms with Gasteiger partial charge in [0.15, 0.2) is 5.96 Å². The predicted octanol–water partition coefficient (Wildman–Crippen LogP) is 2.73. The van der Waals surface area contributed by atoms with Gasteiger partial charge in [-0.25, -0.2) is 4.99 Å². The van der Waals surface area contributed by atoms with E-state index < -0.39 is 0 Å². The van der Waals surface area contributed by atoms with E-state index in [1.54, 1.807) is 7.11 Å². The molecule has 1 aromatic rings. The Labute approximate surface area is 175 Å². The number of halogens is 1. The Balaban J connectivity index is 0.00000625. The third-order valence-electron chi connectivity index (χ3n) is 3.71. The molecule has 1 rings (SSSR count). The number of guanidine groups is 1. The molecule has 0 aliphatic heterocycles. The molecule has 0 saturated carbocycles. The first kappa shape index (κ1) is 24.9. The number of benzene rings is 1. The van der Waals surface area contributed by atoms with Crippen molar-refractivity contribution < 1.29 is 9.47 Å². The van der Waals surface area contributed by atoms with Crippen molar-refractivity contribution in [2.24, 2.45) is 4.99 Å². The van der Waals surface area contributed by atoms with Crippen LogP contribution >= 0.6 is 24.0 Å². The summed E-state index contributed by atoms with van der Waals surface area (Å²) >= 11 is 0. The second-order valence-electron chi connectivity index (χ2n) is 5.81. The minimum Gasteiger partial charge on any atom is -0.494 e. The summed E-state index contributed by atoms with van der Waals surface area (Å²) in [6.07, 6.45) is 1.06. The van der Waals surface area contributed by atoms with Gasteiger partial charge in [0.1, 0.15) is 5.75 Å². The fourth-order valence-electron chi connectivity index (χ4n) is 2.35. The Morgan fingerprint density at radius 3 is 2.62 bits per heavy atom. The van der Waals surface area contributed by atoms with Crippen LogP contribution in [0.4, 0.5) is 0 Å². The Hall–Kier alpha value is -1.06. The molecular weight excluding hydrogens is 443 g/mol. The minimum atomic E-state index is 0. The number of methoxy groups -OCH3 is 1. The lowest BCUT2D eigenvalue weighted by atomic mass is 10.2. The number of likely N-dealkylation sites (N-methyl/N-ethyl adjacent to an activating group) is 1. The normalized spacial score (nSPS) is 11.2. The largest absolute Gasteiger partial charge is 0.494 e. The van der Waals surface area contributed by atoms with Crippen molar-refractivity contribution in [1.82, 2.24) is 15.5 Å². The van der Waals surface area contributed by atoms with Crippen molar-refractivity contribution in [2.75, 3.05) is 53.6 Å². The topological polar surface area (TPSA) is 58.1 Å². The van der Waals surface area contributed by atoms with Crippen LogP contribution in [-0.2, 0) is 11.3 Å². The molecule has 0 fully saturated rings. The van der Waals surface area contributed by atoms with Crippen molar-refractivity contribution in [3.63, 3.8) is 0 Å². The van der Waals surface area contributed by atoms with Crippen LogP contribution < -0.4 is 15.4 Å². The van der Waals surface area contributed by atoms with Crippen LogP contribution in [0.2, 0.25) is 0 Å². The zero-order valence-corrected chi connectivity index (χ0v) is 18.9. The van der Waals surface area contributed by atoms with Gasteiger partial charge < -0.3 is 25.0 Å². The molecule has 6 nitrogen and oxygen atoms in total. The number of nitrogens with zero attached hydrogens (tertiary/aromatic N) is 2. The van der Waals surface area contributed by atoms with Gasteiger partial charge in [-0.3, -0.25) is 0 Å². The van der Waals surface area contributed by atoms with E-state index in [-0.39, 0.29) is 24.0 Å². The second-order valence-corrected chi connectivity index (χ2v) is 5.81. The molecule has 0 atom stereocenters. The van der Waals surface area contributed by atoms with Crippen molar-refractivity contribution >= 4 is 29.9 Å². The van der Waals surface area contributed by atoms with E-state index >= 15 is 0 Å². The highest BCUT2D eigenvalue weighted by molar-refractivity contribution is 14.0. The van der Waals surface area contributed by atoms with Gasteiger partial charge in [0.25, 0.3) is 0 Å². The van der Waals surface area contributed by atoms with Crippen molar-refractivity contribution in [3.8, 4) is 5.75 Å². The summed E-state index contributed by atoms with van der Waals surface area (Å²) in [7, 11) is 3.85. The monoisotopic (exact) mass is 478 g/mol. The molecule has 0 radical (unpaired) electrons. The Kier molecular flexibility index (Phi) is 15.5. The number of nitrogens with one attached hydrogen (secondary N) is 2. The predicted molar refractivity (Wildman–Crippen MR) is 120 cm³/mol. The van der Waals surface area contributed by atoms with E-state index in [9.17, 15) is 0 Å². The van der Waals surface area contributed by atoms with Crippen LogP contribution in [0, 0.1) is 0 Å². The lowest BCUT2D eigenvalue weighted by molar-refractivity contribution is 0.161. The lowest BCUT2D eigenvalue weighted by Crippen LogP contribution is -2.38. The molecule has 26 heavy (non-hydrogen) atoms. The molecule has 0 amide bonds. The number of para-hydroxylation sites is 1. The molecule has 0 aliphatic rings. The Morgan fingerprint density at radius 2 is 1.92 bits per heavy atom. The highest BCUT2D eigenvalue weighted by Gasteiger charge is 2.03. The SMILES string of the molecule is CCNC(=NCc1ccccc1OCC)NCCCN(C)CCOC.I. The number of hydrogen-bond acceptors (Lipinski definition) is 4. The first-order chi connectivity index (χ1) is 12.2. The molecule has 0 bridgehead atoms. The van der Waals surface area contributed by atoms with Gasteiger partial charge in [0.2, 0.25) is 0 Å². The van der Waals surface area contributed by atoms with E-state index in [1.165, 1.54) is 0 Å². The van der Waals surface area contributed by atoms with Gasteiger partial charge in [-0.1, -0.05) is 18.2 Å². The first-order valence-electron chi connectivity index (χ1n) is 9.11. The second kappa shape index (κ2) is 16.1. The van der Waals surface area contributed by atoms with Crippen molar-refractivity contribution in [3.05, 3.63) is 29.8 Å². The summed E-state index contributed by atoms with van der Waals surface area (Å²) in [6.45, 7) is 9.81. The fourth-order valence-corrected chi connectivity index (χ4v) is 2.35. The summed E-state index contributed by atoms with van der Waals surface area (Å²) in [6, 6.07) is 8.05. The van der Waals surface area contributed by atoms with E-state index in [1.807, 2.05) is 25.1 Å². The van der Waals surface area contributed by atoms with Crippen molar-refractivity contribution in [2.45, 2.75) is 26.8 Å². The van der Waals surface area contributed by atoms with Gasteiger partial charge in [-0.15, -0.1) is 24.0 Å². The zero-order chi connectivity index (χ0) is 18.3. The molecule has 0 saturated heterocycles. The molecule has 0 aromatic heterocycles. The van der Waals surface area contributed by atoms with E-state index in [4.69, 9.17) is 9.47 Å². The van der Waals surface area contributed by atoms with Gasteiger partial charge in [0.05, 0.1) is 19.8 Å². The van der Waals surface area contributed by atoms with Gasteiger partial charge in [-0.05, 0) is 39.9 Å². The summed E-state index contributed by atoms with van der Waals surface area (Å²) in [4.78, 5) is 6.95. The van der Waals surface area contributed by atoms with E-state index in [2.05, 4.69) is 40.6 Å². The third kappa shape index (κ3) is 10.8. The summed E-state index contributed by atoms with van der Waals surface area (Å²) in [5.74, 6) is 1.75. The van der Waals surface area contributed by atoms with Crippen LogP contribution in [0.1, 0.15) is 25.8 Å². The van der Waals surface area contributed by atoms with Gasteiger partial charge in [-0.2, -0.15) is 0 Å². The smallest absolute Gasteiger partial charge is 0.191 e. The van der Waals surface area contributed by atoms with E-state index in [0.29, 0.717) is 13.2 Å². The number of rotatable bonds is 12. The number of hydrogen-bond donors (Lipinski definition) is 2. The molecule has 1 aromatic carbocycles. The lowest BCUT2D eigenvalue weighted by Gasteiger charge is -2.17. The fraction of sp³-hybridized carbons (Fsp3) is 0.632. The van der Waals surface area contributed by atoms with Crippen molar-refractivity contribution in [1.29, 1.82) is 0 Å². The zero-order valence-electron chi connectivity index (χ0n) is 16.6. The van der Waals surface area contributed by atoms with Crippen LogP contribution in [0.15, 0.2) is 29.3 Å². The maximum Gasteiger partial charge on any atom is 0.191 e. The molecule has 0 spiro atoms. The third-order valence-corrected chi connectivity index (χ3v) is 3.71. The first-order valence-corrected chi connectivity index (χ1v) is 9.11. The average Bonchev–Trinajstić information content (AvgIpc) is 2.62. The minimum absolute atomic E-state index is 0. The molecule has 150 valence electrons. The van der Waals surface area contributed by atoms with Crippen LogP contribution in [-0.4, -0.2) is 64.4 Å². The standard InChI is InChI=1S/C19H34N4O2.HI/c1-5-20-19(21-12-9-13-23(3)14-15-24-4)22-16-17-10-7-8-11-18(17)25-6-2;/h7-8,10-11H,5-6,9,12-16H2,1-4H3,(H2,20,21,22);1H. The summed E-state index contributed by atoms with van der Waals surface area (Å²) < 4.78 is 10.8. The van der Waals surface area contributed by atoms with Crippen LogP contribution in [0.5, 0.6) is 5.75 Å². The number of ether oxygens (including phenoxy) is 2. The Bertz CT molecular complexity index is 500. The molecular formula is C19H35IN4O2. The highest BCUT2D eigenvalue weighted by atomic mass is 127. The van der Waals surface area contributed by atoms with Crippen LogP contribution in [0.3, 0.4) is 0 Å². The van der Waals surface area contributed by atoms with Crippen LogP contribution in [0.25, 0.3) is 0 Å². The molecule has 0 unspecified atom stereocenters. The molecule has 2 N–H and O–H groups in total. The average molecular weight is 478 g/mol. The summed E-state index contributed by atoms with van der Waals surface area (Å²) in [5, 5.41) is 6.69. The Morgan fingerprint density at radius 1 is 1.15 bits per heavy atom.